The predicted molar refractivity (Wildman–Crippen MR) is 72.1 cm³/mol. The Kier molecular flexibility index (Phi) is 4.44. The third-order valence-electron chi connectivity index (χ3n) is 2.94. The summed E-state index contributed by atoms with van der Waals surface area (Å²) in [5, 5.41) is 3.89. The summed E-state index contributed by atoms with van der Waals surface area (Å²) in [6.07, 6.45) is 0. The van der Waals surface area contributed by atoms with Crippen molar-refractivity contribution in [3.63, 3.8) is 0 Å². The molecule has 0 radical (unpaired) electrons. The van der Waals surface area contributed by atoms with Gasteiger partial charge in [0.25, 0.3) is 0 Å². The fourth-order valence-corrected chi connectivity index (χ4v) is 2.30. The van der Waals surface area contributed by atoms with Crippen molar-refractivity contribution in [2.45, 2.75) is 13.0 Å². The van der Waals surface area contributed by atoms with E-state index in [1.165, 1.54) is 0 Å². The summed E-state index contributed by atoms with van der Waals surface area (Å²) in [6.45, 7) is 4.44. The van der Waals surface area contributed by atoms with Crippen LogP contribution in [0, 0.1) is 0 Å². The minimum absolute atomic E-state index is 0.190. The number of halogens is 1. The van der Waals surface area contributed by atoms with Gasteiger partial charge in [0, 0.05) is 30.3 Å². The van der Waals surface area contributed by atoms with Gasteiger partial charge in [-0.05, 0) is 25.1 Å². The van der Waals surface area contributed by atoms with Crippen LogP contribution in [0.2, 0.25) is 5.02 Å². The van der Waals surface area contributed by atoms with E-state index in [1.807, 2.05) is 36.1 Å². The number of carbonyl (C=O) groups is 1. The summed E-state index contributed by atoms with van der Waals surface area (Å²) >= 11 is 5.99. The van der Waals surface area contributed by atoms with Gasteiger partial charge < -0.3 is 15.0 Å². The maximum absolute atomic E-state index is 11.9. The Bertz CT molecular complexity index is 425. The molecule has 4 nitrogen and oxygen atoms in total. The molecule has 1 aliphatic heterocycles. The van der Waals surface area contributed by atoms with Crippen LogP contribution in [0.15, 0.2) is 24.3 Å². The Balaban J connectivity index is 2.20. The van der Waals surface area contributed by atoms with Crippen molar-refractivity contribution in [3.05, 3.63) is 29.3 Å². The summed E-state index contributed by atoms with van der Waals surface area (Å²) < 4.78 is 5.11. The van der Waals surface area contributed by atoms with Gasteiger partial charge in [-0.15, -0.1) is 0 Å². The van der Waals surface area contributed by atoms with E-state index < -0.39 is 0 Å². The lowest BCUT2D eigenvalue weighted by atomic mass is 10.1. The van der Waals surface area contributed by atoms with Crippen LogP contribution in [0.5, 0.6) is 0 Å². The summed E-state index contributed by atoms with van der Waals surface area (Å²) in [5.41, 5.74) is 0.960. The van der Waals surface area contributed by atoms with Crippen LogP contribution in [0.3, 0.4) is 0 Å². The molecule has 0 saturated carbocycles. The molecule has 2 rings (SSSR count). The average Bonchev–Trinajstić information content (AvgIpc) is 2.39. The molecule has 1 N–H and O–H groups in total. The molecule has 1 unspecified atom stereocenters. The lowest BCUT2D eigenvalue weighted by molar-refractivity contribution is -0.144. The molecule has 0 bridgehead atoms. The molecule has 0 aliphatic carbocycles. The van der Waals surface area contributed by atoms with E-state index in [0.29, 0.717) is 18.2 Å². The lowest BCUT2D eigenvalue weighted by Gasteiger charge is -2.36. The molecule has 98 valence electrons. The van der Waals surface area contributed by atoms with E-state index in [4.69, 9.17) is 16.3 Å². The van der Waals surface area contributed by atoms with E-state index >= 15 is 0 Å². The zero-order chi connectivity index (χ0) is 13.0. The number of benzene rings is 1. The lowest BCUT2D eigenvalue weighted by Crippen LogP contribution is -2.55. The van der Waals surface area contributed by atoms with Gasteiger partial charge in [0.05, 0.1) is 6.61 Å². The van der Waals surface area contributed by atoms with Crippen LogP contribution in [0.25, 0.3) is 0 Å². The molecule has 1 heterocycles. The molecule has 1 aliphatic rings. The van der Waals surface area contributed by atoms with E-state index in [1.54, 1.807) is 0 Å². The number of carbonyl (C=O) groups excluding carboxylic acids is 1. The van der Waals surface area contributed by atoms with Crippen molar-refractivity contribution in [2.75, 3.05) is 31.1 Å². The molecule has 5 heteroatoms. The third kappa shape index (κ3) is 2.94. The summed E-state index contributed by atoms with van der Waals surface area (Å²) in [4.78, 5) is 14.0. The van der Waals surface area contributed by atoms with Crippen molar-refractivity contribution in [2.24, 2.45) is 0 Å². The van der Waals surface area contributed by atoms with Gasteiger partial charge >= 0.3 is 5.97 Å². The highest BCUT2D eigenvalue weighted by Gasteiger charge is 2.29. The first kappa shape index (κ1) is 13.2. The molecular formula is C13H17ClN2O2. The van der Waals surface area contributed by atoms with Crippen LogP contribution in [-0.2, 0) is 9.53 Å². The molecule has 1 fully saturated rings. The monoisotopic (exact) mass is 268 g/mol. The summed E-state index contributed by atoms with van der Waals surface area (Å²) in [7, 11) is 0. The normalized spacial score (nSPS) is 19.7. The topological polar surface area (TPSA) is 41.6 Å². The van der Waals surface area contributed by atoms with Crippen molar-refractivity contribution in [3.8, 4) is 0 Å². The van der Waals surface area contributed by atoms with Crippen molar-refractivity contribution < 1.29 is 9.53 Å². The maximum atomic E-state index is 11.9. The van der Waals surface area contributed by atoms with Crippen LogP contribution >= 0.6 is 11.6 Å². The zero-order valence-corrected chi connectivity index (χ0v) is 11.1. The van der Waals surface area contributed by atoms with E-state index in [9.17, 15) is 4.79 Å². The number of hydrogen-bond acceptors (Lipinski definition) is 4. The Morgan fingerprint density at radius 1 is 1.61 bits per heavy atom. The summed E-state index contributed by atoms with van der Waals surface area (Å²) in [5.74, 6) is -0.190. The van der Waals surface area contributed by atoms with Crippen LogP contribution in [0.1, 0.15) is 6.92 Å². The smallest absolute Gasteiger partial charge is 0.330 e. The molecular weight excluding hydrogens is 252 g/mol. The van der Waals surface area contributed by atoms with E-state index in [2.05, 4.69) is 5.32 Å². The summed E-state index contributed by atoms with van der Waals surface area (Å²) in [6, 6.07) is 7.27. The second-order valence-corrected chi connectivity index (χ2v) is 4.58. The van der Waals surface area contributed by atoms with Gasteiger partial charge in [-0.3, -0.25) is 0 Å². The number of rotatable bonds is 3. The van der Waals surface area contributed by atoms with E-state index in [0.717, 1.165) is 18.8 Å². The van der Waals surface area contributed by atoms with Crippen LogP contribution in [0.4, 0.5) is 5.69 Å². The SMILES string of the molecule is CCOC(=O)C1CNCCN1c1cccc(Cl)c1. The van der Waals surface area contributed by atoms with Gasteiger partial charge in [-0.2, -0.15) is 0 Å². The molecule has 1 aromatic carbocycles. The first-order valence-electron chi connectivity index (χ1n) is 6.12. The molecule has 0 amide bonds. The number of nitrogens with one attached hydrogen (secondary N) is 1. The fraction of sp³-hybridized carbons (Fsp3) is 0.462. The fourth-order valence-electron chi connectivity index (χ4n) is 2.12. The van der Waals surface area contributed by atoms with E-state index in [-0.39, 0.29) is 12.0 Å². The Morgan fingerprint density at radius 3 is 3.17 bits per heavy atom. The Hall–Kier alpha value is -1.26. The zero-order valence-electron chi connectivity index (χ0n) is 10.4. The van der Waals surface area contributed by atoms with Gasteiger partial charge in [-0.1, -0.05) is 17.7 Å². The van der Waals surface area contributed by atoms with Crippen LogP contribution < -0.4 is 10.2 Å². The largest absolute Gasteiger partial charge is 0.464 e. The molecule has 1 saturated heterocycles. The maximum Gasteiger partial charge on any atom is 0.330 e. The standard InChI is InChI=1S/C13H17ClN2O2/c1-2-18-13(17)12-9-15-6-7-16(12)11-5-3-4-10(14)8-11/h3-5,8,12,15H,2,6-7,9H2,1H3. The number of esters is 1. The van der Waals surface area contributed by atoms with Crippen LogP contribution in [-0.4, -0.2) is 38.3 Å². The van der Waals surface area contributed by atoms with Crippen molar-refractivity contribution in [1.29, 1.82) is 0 Å². The van der Waals surface area contributed by atoms with Crippen molar-refractivity contribution in [1.82, 2.24) is 5.32 Å². The number of hydrogen-bond donors (Lipinski definition) is 1. The molecule has 1 atom stereocenters. The molecule has 0 spiro atoms. The first-order valence-corrected chi connectivity index (χ1v) is 6.49. The van der Waals surface area contributed by atoms with Gasteiger partial charge in [0.1, 0.15) is 6.04 Å². The Labute approximate surface area is 112 Å². The minimum Gasteiger partial charge on any atom is -0.464 e. The van der Waals surface area contributed by atoms with Gasteiger partial charge in [0.2, 0.25) is 0 Å². The Morgan fingerprint density at radius 2 is 2.44 bits per heavy atom. The molecule has 18 heavy (non-hydrogen) atoms. The minimum atomic E-state index is -0.280. The molecule has 1 aromatic rings. The quantitative estimate of drug-likeness (QED) is 0.847. The number of nitrogens with zero attached hydrogens (tertiary/aromatic N) is 1. The predicted octanol–water partition coefficient (Wildman–Crippen LogP) is 1.68. The highest BCUT2D eigenvalue weighted by Crippen LogP contribution is 2.22. The second kappa shape index (κ2) is 6.07. The molecule has 0 aromatic heterocycles. The number of piperazine rings is 1. The van der Waals surface area contributed by atoms with Gasteiger partial charge in [0.15, 0.2) is 0 Å². The second-order valence-electron chi connectivity index (χ2n) is 4.15. The highest BCUT2D eigenvalue weighted by molar-refractivity contribution is 6.30. The third-order valence-corrected chi connectivity index (χ3v) is 3.18. The average molecular weight is 269 g/mol. The first-order chi connectivity index (χ1) is 8.72. The van der Waals surface area contributed by atoms with Gasteiger partial charge in [-0.25, -0.2) is 4.79 Å². The number of anilines is 1. The number of ether oxygens (including phenoxy) is 1. The highest BCUT2D eigenvalue weighted by atomic mass is 35.5. The van der Waals surface area contributed by atoms with Crippen molar-refractivity contribution >= 4 is 23.3 Å².